The van der Waals surface area contributed by atoms with E-state index in [1.165, 1.54) is 0 Å². The van der Waals surface area contributed by atoms with Crippen LogP contribution in [0.2, 0.25) is 0 Å². The van der Waals surface area contributed by atoms with Gasteiger partial charge in [0, 0.05) is 9.99 Å². The van der Waals surface area contributed by atoms with E-state index in [1.807, 2.05) is 12.1 Å². The van der Waals surface area contributed by atoms with Crippen molar-refractivity contribution < 1.29 is 14.3 Å². The fourth-order valence-electron chi connectivity index (χ4n) is 1.22. The number of rotatable bonds is 5. The first-order valence-electron chi connectivity index (χ1n) is 5.01. The van der Waals surface area contributed by atoms with Crippen LogP contribution in [-0.2, 0) is 14.0 Å². The van der Waals surface area contributed by atoms with Crippen LogP contribution in [0.1, 0.15) is 29.3 Å². The maximum absolute atomic E-state index is 11.6. The van der Waals surface area contributed by atoms with Crippen LogP contribution in [0.4, 0.5) is 0 Å². The van der Waals surface area contributed by atoms with Gasteiger partial charge in [-0.2, -0.15) is 0 Å². The van der Waals surface area contributed by atoms with E-state index in [2.05, 4.69) is 22.6 Å². The highest BCUT2D eigenvalue weighted by Crippen LogP contribution is 2.10. The zero-order valence-corrected chi connectivity index (χ0v) is 11.2. The molecular weight excluding hydrogens is 319 g/mol. The Morgan fingerprint density at radius 2 is 1.88 bits per heavy atom. The van der Waals surface area contributed by atoms with Crippen molar-refractivity contribution in [2.45, 2.75) is 17.8 Å². The lowest BCUT2D eigenvalue weighted by Gasteiger charge is -2.02. The third-order valence-electron chi connectivity index (χ3n) is 2.04. The molecular formula is C12H13IO3. The number of ketones is 1. The fourth-order valence-corrected chi connectivity index (χ4v) is 1.73. The largest absolute Gasteiger partial charge is 0.466 e. The van der Waals surface area contributed by atoms with Gasteiger partial charge in [0.05, 0.1) is 6.61 Å². The van der Waals surface area contributed by atoms with Crippen LogP contribution in [0.25, 0.3) is 0 Å². The molecule has 4 heteroatoms. The second-order valence-electron chi connectivity index (χ2n) is 3.24. The summed E-state index contributed by atoms with van der Waals surface area (Å²) >= 11 is 2.25. The number of hydrogen-bond donors (Lipinski definition) is 0. The Balaban J connectivity index is 2.62. The van der Waals surface area contributed by atoms with E-state index in [9.17, 15) is 9.59 Å². The van der Waals surface area contributed by atoms with Crippen LogP contribution in [0.15, 0.2) is 24.3 Å². The van der Waals surface area contributed by atoms with Crippen LogP contribution in [0.5, 0.6) is 0 Å². The Hall–Kier alpha value is -0.910. The highest BCUT2D eigenvalue weighted by Gasteiger charge is 2.12. The van der Waals surface area contributed by atoms with Crippen molar-refractivity contribution in [3.05, 3.63) is 35.4 Å². The molecule has 0 bridgehead atoms. The van der Waals surface area contributed by atoms with Crippen molar-refractivity contribution in [3.63, 3.8) is 0 Å². The van der Waals surface area contributed by atoms with Crippen LogP contribution >= 0.6 is 22.6 Å². The summed E-state index contributed by atoms with van der Waals surface area (Å²) in [6, 6.07) is 7.28. The van der Waals surface area contributed by atoms with Crippen molar-refractivity contribution in [3.8, 4) is 0 Å². The molecule has 3 nitrogen and oxygen atoms in total. The van der Waals surface area contributed by atoms with Gasteiger partial charge < -0.3 is 4.74 Å². The average Bonchev–Trinajstić information content (AvgIpc) is 2.29. The molecule has 0 aliphatic carbocycles. The van der Waals surface area contributed by atoms with Gasteiger partial charge in [-0.15, -0.1) is 0 Å². The summed E-state index contributed by atoms with van der Waals surface area (Å²) in [6.07, 6.45) is -0.183. The van der Waals surface area contributed by atoms with Gasteiger partial charge in [-0.25, -0.2) is 0 Å². The molecule has 86 valence electrons. The fraction of sp³-hybridized carbons (Fsp3) is 0.333. The van der Waals surface area contributed by atoms with Crippen LogP contribution in [-0.4, -0.2) is 18.4 Å². The van der Waals surface area contributed by atoms with Gasteiger partial charge in [-0.3, -0.25) is 9.59 Å². The number of ether oxygens (including phenoxy) is 1. The van der Waals surface area contributed by atoms with Gasteiger partial charge in [0.2, 0.25) is 0 Å². The standard InChI is InChI=1S/C12H13IO3/c1-2-16-12(15)7-11(14)10-5-3-9(8-13)4-6-10/h3-6H,2,7-8H2,1H3. The van der Waals surface area contributed by atoms with Gasteiger partial charge in [-0.05, 0) is 12.5 Å². The van der Waals surface area contributed by atoms with Crippen LogP contribution in [0, 0.1) is 0 Å². The monoisotopic (exact) mass is 332 g/mol. The SMILES string of the molecule is CCOC(=O)CC(=O)c1ccc(CI)cc1. The lowest BCUT2D eigenvalue weighted by molar-refractivity contribution is -0.141. The molecule has 1 rings (SSSR count). The van der Waals surface area contributed by atoms with Crippen molar-refractivity contribution >= 4 is 34.3 Å². The Labute approximate surface area is 108 Å². The molecule has 0 amide bonds. The quantitative estimate of drug-likeness (QED) is 0.274. The summed E-state index contributed by atoms with van der Waals surface area (Å²) in [4.78, 5) is 22.7. The summed E-state index contributed by atoms with van der Waals surface area (Å²) in [5, 5.41) is 0. The molecule has 0 aromatic heterocycles. The number of benzene rings is 1. The second-order valence-corrected chi connectivity index (χ2v) is 4.00. The number of esters is 1. The first-order valence-corrected chi connectivity index (χ1v) is 6.53. The minimum absolute atomic E-state index is 0.183. The molecule has 0 fully saturated rings. The zero-order valence-electron chi connectivity index (χ0n) is 9.03. The van der Waals surface area contributed by atoms with E-state index in [-0.39, 0.29) is 12.2 Å². The lowest BCUT2D eigenvalue weighted by atomic mass is 10.1. The number of carbonyl (C=O) groups is 2. The third-order valence-corrected chi connectivity index (χ3v) is 2.92. The maximum Gasteiger partial charge on any atom is 0.313 e. The summed E-state index contributed by atoms with van der Waals surface area (Å²) < 4.78 is 5.62. The van der Waals surface area contributed by atoms with E-state index in [0.717, 1.165) is 9.99 Å². The van der Waals surface area contributed by atoms with E-state index in [0.29, 0.717) is 12.2 Å². The molecule has 0 spiro atoms. The summed E-state index contributed by atoms with van der Waals surface area (Å²) in [7, 11) is 0. The molecule has 0 aliphatic heterocycles. The normalized spacial score (nSPS) is 9.88. The van der Waals surface area contributed by atoms with Gasteiger partial charge >= 0.3 is 5.97 Å². The first kappa shape index (κ1) is 13.2. The molecule has 0 unspecified atom stereocenters. The topological polar surface area (TPSA) is 43.4 Å². The first-order chi connectivity index (χ1) is 7.67. The predicted molar refractivity (Wildman–Crippen MR) is 69.7 cm³/mol. The Morgan fingerprint density at radius 1 is 1.25 bits per heavy atom. The zero-order chi connectivity index (χ0) is 12.0. The van der Waals surface area contributed by atoms with E-state index in [1.54, 1.807) is 19.1 Å². The number of carbonyl (C=O) groups excluding carboxylic acids is 2. The van der Waals surface area contributed by atoms with E-state index in [4.69, 9.17) is 4.74 Å². The minimum atomic E-state index is -0.467. The minimum Gasteiger partial charge on any atom is -0.466 e. The second kappa shape index (κ2) is 6.62. The van der Waals surface area contributed by atoms with Crippen LogP contribution < -0.4 is 0 Å². The molecule has 0 saturated carbocycles. The third kappa shape index (κ3) is 3.92. The number of Topliss-reactive ketones (excluding diaryl/α,β-unsaturated/α-hetero) is 1. The molecule has 0 heterocycles. The smallest absolute Gasteiger partial charge is 0.313 e. The molecule has 0 radical (unpaired) electrons. The highest BCUT2D eigenvalue weighted by molar-refractivity contribution is 14.1. The van der Waals surface area contributed by atoms with E-state index < -0.39 is 5.97 Å². The van der Waals surface area contributed by atoms with Crippen molar-refractivity contribution in [1.82, 2.24) is 0 Å². The van der Waals surface area contributed by atoms with Gasteiger partial charge in [0.1, 0.15) is 6.42 Å². The van der Waals surface area contributed by atoms with Crippen molar-refractivity contribution in [2.75, 3.05) is 6.61 Å². The van der Waals surface area contributed by atoms with Gasteiger partial charge in [0.25, 0.3) is 0 Å². The van der Waals surface area contributed by atoms with Crippen LogP contribution in [0.3, 0.4) is 0 Å². The molecule has 1 aromatic carbocycles. The number of halogens is 1. The molecule has 1 aromatic rings. The predicted octanol–water partition coefficient (Wildman–Crippen LogP) is 2.76. The molecule has 0 atom stereocenters. The van der Waals surface area contributed by atoms with Gasteiger partial charge in [-0.1, -0.05) is 46.9 Å². The lowest BCUT2D eigenvalue weighted by Crippen LogP contribution is -2.11. The molecule has 16 heavy (non-hydrogen) atoms. The Bertz CT molecular complexity index is 370. The summed E-state index contributed by atoms with van der Waals surface area (Å²) in [5.74, 6) is -0.663. The number of alkyl halides is 1. The Morgan fingerprint density at radius 3 is 2.38 bits per heavy atom. The Kier molecular flexibility index (Phi) is 5.45. The molecule has 0 saturated heterocycles. The average molecular weight is 332 g/mol. The highest BCUT2D eigenvalue weighted by atomic mass is 127. The number of hydrogen-bond acceptors (Lipinski definition) is 3. The van der Waals surface area contributed by atoms with E-state index >= 15 is 0 Å². The van der Waals surface area contributed by atoms with Gasteiger partial charge in [0.15, 0.2) is 5.78 Å². The maximum atomic E-state index is 11.6. The molecule has 0 aliphatic rings. The van der Waals surface area contributed by atoms with Crippen molar-refractivity contribution in [1.29, 1.82) is 0 Å². The summed E-state index contributed by atoms with van der Waals surface area (Å²) in [6.45, 7) is 2.03. The molecule has 0 N–H and O–H groups in total. The van der Waals surface area contributed by atoms with Crippen molar-refractivity contribution in [2.24, 2.45) is 0 Å². The summed E-state index contributed by atoms with van der Waals surface area (Å²) in [5.41, 5.74) is 1.72.